The molecule has 0 spiro atoms. The van der Waals surface area contributed by atoms with Crippen molar-refractivity contribution in [3.63, 3.8) is 0 Å². The third-order valence-corrected chi connectivity index (χ3v) is 3.40. The number of hydrogen-bond acceptors (Lipinski definition) is 4. The van der Waals surface area contributed by atoms with Gasteiger partial charge in [0.1, 0.15) is 11.1 Å². The van der Waals surface area contributed by atoms with E-state index in [4.69, 9.17) is 14.6 Å². The maximum Gasteiger partial charge on any atom is 0.328 e. The van der Waals surface area contributed by atoms with E-state index in [-0.39, 0.29) is 12.2 Å². The van der Waals surface area contributed by atoms with Crippen molar-refractivity contribution in [2.45, 2.75) is 45.3 Å². The van der Waals surface area contributed by atoms with E-state index in [0.29, 0.717) is 11.5 Å². The van der Waals surface area contributed by atoms with Gasteiger partial charge in [0, 0.05) is 12.0 Å². The van der Waals surface area contributed by atoms with Crippen LogP contribution in [0.1, 0.15) is 33.3 Å². The van der Waals surface area contributed by atoms with Gasteiger partial charge in [-0.15, -0.1) is 0 Å². The first kappa shape index (κ1) is 16.1. The second kappa shape index (κ2) is 5.51. The van der Waals surface area contributed by atoms with Gasteiger partial charge in [0.2, 0.25) is 0 Å². The highest BCUT2D eigenvalue weighted by molar-refractivity contribution is 5.86. The molecule has 1 heterocycles. The lowest BCUT2D eigenvalue weighted by Gasteiger charge is -2.21. The Morgan fingerprint density at radius 3 is 2.73 bits per heavy atom. The largest absolute Gasteiger partial charge is 0.483 e. The van der Waals surface area contributed by atoms with Crippen LogP contribution in [0.25, 0.3) is 0 Å². The fraction of sp³-hybridized carbons (Fsp3) is 0.500. The van der Waals surface area contributed by atoms with Gasteiger partial charge in [0.25, 0.3) is 5.91 Å². The normalized spacial score (nSPS) is 15.6. The zero-order chi connectivity index (χ0) is 16.5. The third kappa shape index (κ3) is 3.50. The average molecular weight is 307 g/mol. The van der Waals surface area contributed by atoms with Gasteiger partial charge < -0.3 is 19.9 Å². The molecule has 0 saturated carbocycles. The monoisotopic (exact) mass is 307 g/mol. The summed E-state index contributed by atoms with van der Waals surface area (Å²) in [6, 6.07) is 5.54. The van der Waals surface area contributed by atoms with E-state index >= 15 is 0 Å². The number of rotatable bonds is 5. The van der Waals surface area contributed by atoms with E-state index in [1.165, 1.54) is 13.8 Å². The molecule has 1 aromatic carbocycles. The number of ether oxygens (including phenoxy) is 2. The molecule has 1 amide bonds. The zero-order valence-corrected chi connectivity index (χ0v) is 13.2. The lowest BCUT2D eigenvalue weighted by Crippen LogP contribution is -2.51. The maximum atomic E-state index is 11.8. The summed E-state index contributed by atoms with van der Waals surface area (Å²) >= 11 is 0. The number of aliphatic carboxylic acids is 1. The molecule has 1 aliphatic rings. The van der Waals surface area contributed by atoms with E-state index in [1.807, 2.05) is 26.0 Å². The van der Waals surface area contributed by atoms with E-state index < -0.39 is 17.4 Å². The summed E-state index contributed by atoms with van der Waals surface area (Å²) in [6.45, 7) is 6.53. The molecule has 1 aliphatic heterocycles. The molecule has 0 atom stereocenters. The number of fused-ring (bicyclic) bond motifs is 1. The topological polar surface area (TPSA) is 84.9 Å². The molecule has 0 aliphatic carbocycles. The van der Waals surface area contributed by atoms with Crippen molar-refractivity contribution >= 4 is 11.9 Å². The summed E-state index contributed by atoms with van der Waals surface area (Å²) in [5.41, 5.74) is -0.596. The number of carbonyl (C=O) groups excluding carboxylic acids is 1. The molecule has 0 fully saturated rings. The molecule has 2 rings (SSSR count). The molecule has 2 N–H and O–H groups in total. The number of carboxylic acid groups (broad SMARTS) is 1. The number of para-hydroxylation sites is 1. The van der Waals surface area contributed by atoms with Crippen LogP contribution in [0.5, 0.6) is 11.5 Å². The molecule has 22 heavy (non-hydrogen) atoms. The number of amides is 1. The van der Waals surface area contributed by atoms with Crippen molar-refractivity contribution in [2.75, 3.05) is 6.61 Å². The molecular weight excluding hydrogens is 286 g/mol. The van der Waals surface area contributed by atoms with Crippen LogP contribution >= 0.6 is 0 Å². The molecule has 6 heteroatoms. The highest BCUT2D eigenvalue weighted by Gasteiger charge is 2.33. The van der Waals surface area contributed by atoms with Gasteiger partial charge in [0.05, 0.1) is 0 Å². The van der Waals surface area contributed by atoms with Gasteiger partial charge in [-0.25, -0.2) is 4.79 Å². The van der Waals surface area contributed by atoms with Crippen LogP contribution in [0.4, 0.5) is 0 Å². The average Bonchev–Trinajstić information content (AvgIpc) is 2.69. The predicted molar refractivity (Wildman–Crippen MR) is 80.2 cm³/mol. The quantitative estimate of drug-likeness (QED) is 0.866. The van der Waals surface area contributed by atoms with Gasteiger partial charge >= 0.3 is 5.97 Å². The van der Waals surface area contributed by atoms with Gasteiger partial charge in [-0.1, -0.05) is 12.1 Å². The SMILES string of the molecule is CC1(C)Cc2cccc(OCC(=O)NC(C)(C)C(=O)O)c2O1. The van der Waals surface area contributed by atoms with E-state index in [0.717, 1.165) is 12.0 Å². The summed E-state index contributed by atoms with van der Waals surface area (Å²) < 4.78 is 11.3. The van der Waals surface area contributed by atoms with E-state index in [1.54, 1.807) is 6.07 Å². The Morgan fingerprint density at radius 1 is 1.41 bits per heavy atom. The van der Waals surface area contributed by atoms with Crippen molar-refractivity contribution in [3.8, 4) is 11.5 Å². The van der Waals surface area contributed by atoms with Crippen molar-refractivity contribution in [1.82, 2.24) is 5.32 Å². The Bertz CT molecular complexity index is 607. The minimum absolute atomic E-state index is 0.267. The molecule has 0 aromatic heterocycles. The summed E-state index contributed by atoms with van der Waals surface area (Å²) in [7, 11) is 0. The minimum atomic E-state index is -1.34. The zero-order valence-electron chi connectivity index (χ0n) is 13.2. The predicted octanol–water partition coefficient (Wildman–Crippen LogP) is 1.76. The molecule has 0 unspecified atom stereocenters. The lowest BCUT2D eigenvalue weighted by atomic mass is 10.0. The van der Waals surface area contributed by atoms with Gasteiger partial charge in [-0.05, 0) is 33.8 Å². The van der Waals surface area contributed by atoms with Crippen LogP contribution in [0, 0.1) is 0 Å². The van der Waals surface area contributed by atoms with E-state index in [2.05, 4.69) is 5.32 Å². The van der Waals surface area contributed by atoms with E-state index in [9.17, 15) is 9.59 Å². The van der Waals surface area contributed by atoms with Crippen LogP contribution < -0.4 is 14.8 Å². The lowest BCUT2D eigenvalue weighted by molar-refractivity contribution is -0.146. The number of carbonyl (C=O) groups is 2. The van der Waals surface area contributed by atoms with Crippen molar-refractivity contribution in [1.29, 1.82) is 0 Å². The number of benzene rings is 1. The molecule has 0 radical (unpaired) electrons. The van der Waals surface area contributed by atoms with Crippen LogP contribution in [0.3, 0.4) is 0 Å². The van der Waals surface area contributed by atoms with Gasteiger partial charge in [-0.3, -0.25) is 4.79 Å². The third-order valence-electron chi connectivity index (χ3n) is 3.40. The summed E-state index contributed by atoms with van der Waals surface area (Å²) in [6.07, 6.45) is 0.776. The highest BCUT2D eigenvalue weighted by Crippen LogP contribution is 2.41. The summed E-state index contributed by atoms with van der Waals surface area (Å²) in [5, 5.41) is 11.4. The molecular formula is C16H21NO5. The molecule has 6 nitrogen and oxygen atoms in total. The Kier molecular flexibility index (Phi) is 4.04. The van der Waals surface area contributed by atoms with Gasteiger partial charge in [-0.2, -0.15) is 0 Å². The van der Waals surface area contributed by atoms with Crippen molar-refractivity contribution in [2.24, 2.45) is 0 Å². The Balaban J connectivity index is 2.01. The van der Waals surface area contributed by atoms with Crippen LogP contribution in [0.2, 0.25) is 0 Å². The van der Waals surface area contributed by atoms with Gasteiger partial charge in [0.15, 0.2) is 18.1 Å². The van der Waals surface area contributed by atoms with Crippen LogP contribution in [-0.4, -0.2) is 34.7 Å². The minimum Gasteiger partial charge on any atom is -0.483 e. The summed E-state index contributed by atoms with van der Waals surface area (Å²) in [4.78, 5) is 22.8. The smallest absolute Gasteiger partial charge is 0.328 e. The Morgan fingerprint density at radius 2 is 2.09 bits per heavy atom. The number of nitrogens with one attached hydrogen (secondary N) is 1. The fourth-order valence-electron chi connectivity index (χ4n) is 2.28. The number of carboxylic acids is 1. The molecule has 120 valence electrons. The van der Waals surface area contributed by atoms with Crippen LogP contribution in [0.15, 0.2) is 18.2 Å². The first-order valence-corrected chi connectivity index (χ1v) is 7.09. The number of hydrogen-bond donors (Lipinski definition) is 2. The first-order chi connectivity index (χ1) is 10.1. The molecule has 1 aromatic rings. The van der Waals surface area contributed by atoms with Crippen molar-refractivity contribution < 1.29 is 24.2 Å². The maximum absolute atomic E-state index is 11.8. The van der Waals surface area contributed by atoms with Crippen LogP contribution in [-0.2, 0) is 16.0 Å². The molecule has 0 saturated heterocycles. The first-order valence-electron chi connectivity index (χ1n) is 7.09. The molecule has 0 bridgehead atoms. The summed E-state index contributed by atoms with van der Waals surface area (Å²) in [5.74, 6) is -0.460. The second-order valence-corrected chi connectivity index (χ2v) is 6.55. The van der Waals surface area contributed by atoms with Crippen molar-refractivity contribution in [3.05, 3.63) is 23.8 Å². The Labute approximate surface area is 129 Å². The standard InChI is InChI=1S/C16H21NO5/c1-15(2)8-10-6-5-7-11(13(10)22-15)21-9-12(18)17-16(3,4)14(19)20/h5-7H,8-9H2,1-4H3,(H,17,18)(H,19,20). The fourth-order valence-corrected chi connectivity index (χ4v) is 2.28. The highest BCUT2D eigenvalue weighted by atomic mass is 16.5. The second-order valence-electron chi connectivity index (χ2n) is 6.55. The Hall–Kier alpha value is -2.24.